The lowest BCUT2D eigenvalue weighted by Gasteiger charge is -2.32. The molecule has 1 aromatic carbocycles. The Morgan fingerprint density at radius 3 is 2.33 bits per heavy atom. The predicted octanol–water partition coefficient (Wildman–Crippen LogP) is 5.38. The molecule has 11 heteroatoms. The van der Waals surface area contributed by atoms with E-state index in [1.807, 2.05) is 31.2 Å². The fourth-order valence-corrected chi connectivity index (χ4v) is 5.78. The zero-order valence-electron chi connectivity index (χ0n) is 22.8. The number of benzene rings is 1. The first-order chi connectivity index (χ1) is 19.2. The highest BCUT2D eigenvalue weighted by Gasteiger charge is 2.23. The molecule has 4 heterocycles. The lowest BCUT2D eigenvalue weighted by atomic mass is 9.93. The molecule has 212 valence electrons. The number of hydrogen-bond acceptors (Lipinski definition) is 8. The Bertz CT molecular complexity index is 1320. The number of piperazine rings is 1. The van der Waals surface area contributed by atoms with Gasteiger partial charge in [-0.05, 0) is 81.7 Å². The standard InChI is InChI=1S/C29H34Cl2N6O3/c1-19-22(18-36-7-5-20(6-8-36)13-28(38)39)16-25(21-14-23(30)17-24(31)15-21)32-29(19)40-27-4-3-26(33-34-27)37-11-9-35(2)10-12-37/h3-4,14-17,20H,5-13,18H2,1-2H3,(H,38,39). The van der Waals surface area contributed by atoms with Crippen LogP contribution in [0.3, 0.4) is 0 Å². The number of carboxylic acid groups (broad SMARTS) is 1. The summed E-state index contributed by atoms with van der Waals surface area (Å²) in [5.41, 5.74) is 3.47. The molecule has 2 aromatic heterocycles. The van der Waals surface area contributed by atoms with Crippen LogP contribution in [-0.4, -0.2) is 82.4 Å². The number of halogens is 2. The number of ether oxygens (including phenoxy) is 1. The van der Waals surface area contributed by atoms with Crippen LogP contribution >= 0.6 is 23.2 Å². The van der Waals surface area contributed by atoms with Crippen molar-refractivity contribution in [3.8, 4) is 23.0 Å². The first kappa shape index (κ1) is 28.5. The number of aromatic nitrogens is 3. The van der Waals surface area contributed by atoms with Gasteiger partial charge in [0.15, 0.2) is 5.82 Å². The lowest BCUT2D eigenvalue weighted by Crippen LogP contribution is -2.44. The molecular formula is C29H34Cl2N6O3. The summed E-state index contributed by atoms with van der Waals surface area (Å²) < 4.78 is 6.22. The summed E-state index contributed by atoms with van der Waals surface area (Å²) in [6.45, 7) is 8.17. The van der Waals surface area contributed by atoms with Crippen molar-refractivity contribution in [3.63, 3.8) is 0 Å². The summed E-state index contributed by atoms with van der Waals surface area (Å²) in [6.07, 6.45) is 1.96. The first-order valence-corrected chi connectivity index (χ1v) is 14.4. The van der Waals surface area contributed by atoms with Gasteiger partial charge >= 0.3 is 5.97 Å². The number of anilines is 1. The second kappa shape index (κ2) is 12.7. The van der Waals surface area contributed by atoms with Gasteiger partial charge in [0.2, 0.25) is 11.8 Å². The molecule has 0 radical (unpaired) electrons. The number of likely N-dealkylation sites (N-methyl/N-ethyl adjacent to an activating group) is 1. The lowest BCUT2D eigenvalue weighted by molar-refractivity contribution is -0.138. The number of aliphatic carboxylic acids is 1. The summed E-state index contributed by atoms with van der Waals surface area (Å²) in [7, 11) is 2.12. The Morgan fingerprint density at radius 1 is 1.00 bits per heavy atom. The van der Waals surface area contributed by atoms with E-state index in [0.717, 1.165) is 74.6 Å². The van der Waals surface area contributed by atoms with Gasteiger partial charge in [-0.15, -0.1) is 10.2 Å². The van der Waals surface area contributed by atoms with Crippen LogP contribution in [0.5, 0.6) is 11.8 Å². The first-order valence-electron chi connectivity index (χ1n) is 13.6. The number of piperidine rings is 1. The highest BCUT2D eigenvalue weighted by atomic mass is 35.5. The number of carboxylic acids is 1. The Kier molecular flexibility index (Phi) is 9.05. The number of carbonyl (C=O) groups is 1. The van der Waals surface area contributed by atoms with Gasteiger partial charge < -0.3 is 19.6 Å². The second-order valence-corrected chi connectivity index (χ2v) is 11.6. The van der Waals surface area contributed by atoms with Crippen molar-refractivity contribution < 1.29 is 14.6 Å². The molecule has 40 heavy (non-hydrogen) atoms. The molecule has 2 fully saturated rings. The molecule has 0 spiro atoms. The van der Waals surface area contributed by atoms with E-state index in [2.05, 4.69) is 38.0 Å². The number of rotatable bonds is 8. The van der Waals surface area contributed by atoms with Crippen LogP contribution < -0.4 is 9.64 Å². The van der Waals surface area contributed by atoms with Crippen molar-refractivity contribution in [2.75, 3.05) is 51.2 Å². The highest BCUT2D eigenvalue weighted by Crippen LogP contribution is 2.33. The van der Waals surface area contributed by atoms with Gasteiger partial charge in [0.25, 0.3) is 0 Å². The molecule has 0 bridgehead atoms. The van der Waals surface area contributed by atoms with Gasteiger partial charge in [0.05, 0.1) is 5.69 Å². The molecule has 2 saturated heterocycles. The Morgan fingerprint density at radius 2 is 1.70 bits per heavy atom. The maximum Gasteiger partial charge on any atom is 0.303 e. The SMILES string of the molecule is Cc1c(CN2CCC(CC(=O)O)CC2)cc(-c2cc(Cl)cc(Cl)c2)nc1Oc1ccc(N2CCN(C)CC2)nn1. The van der Waals surface area contributed by atoms with E-state index in [4.69, 9.17) is 38.0 Å². The van der Waals surface area contributed by atoms with Crippen molar-refractivity contribution in [1.29, 1.82) is 0 Å². The maximum absolute atomic E-state index is 11.1. The average Bonchev–Trinajstić information content (AvgIpc) is 2.92. The molecule has 2 aliphatic rings. The van der Waals surface area contributed by atoms with Crippen LogP contribution in [-0.2, 0) is 11.3 Å². The van der Waals surface area contributed by atoms with Crippen molar-refractivity contribution in [2.45, 2.75) is 32.7 Å². The van der Waals surface area contributed by atoms with Crippen LogP contribution in [0.4, 0.5) is 5.82 Å². The molecule has 2 aliphatic heterocycles. The third-order valence-corrected chi connectivity index (χ3v) is 8.15. The molecule has 5 rings (SSSR count). The monoisotopic (exact) mass is 584 g/mol. The van der Waals surface area contributed by atoms with Crippen molar-refractivity contribution in [2.24, 2.45) is 5.92 Å². The Hall–Kier alpha value is -2.98. The predicted molar refractivity (Wildman–Crippen MR) is 156 cm³/mol. The third-order valence-electron chi connectivity index (χ3n) is 7.71. The van der Waals surface area contributed by atoms with Crippen LogP contribution in [0.25, 0.3) is 11.3 Å². The minimum absolute atomic E-state index is 0.225. The molecule has 0 amide bonds. The van der Waals surface area contributed by atoms with Gasteiger partial charge in [-0.2, -0.15) is 0 Å². The van der Waals surface area contributed by atoms with E-state index in [1.165, 1.54) is 0 Å². The fourth-order valence-electron chi connectivity index (χ4n) is 5.26. The van der Waals surface area contributed by atoms with E-state index >= 15 is 0 Å². The van der Waals surface area contributed by atoms with Gasteiger partial charge in [0, 0.05) is 66.4 Å². The summed E-state index contributed by atoms with van der Waals surface area (Å²) >= 11 is 12.6. The maximum atomic E-state index is 11.1. The van der Waals surface area contributed by atoms with E-state index < -0.39 is 5.97 Å². The molecule has 3 aromatic rings. The average molecular weight is 586 g/mol. The smallest absolute Gasteiger partial charge is 0.303 e. The van der Waals surface area contributed by atoms with Gasteiger partial charge in [-0.3, -0.25) is 9.69 Å². The summed E-state index contributed by atoms with van der Waals surface area (Å²) in [6, 6.07) is 11.2. The van der Waals surface area contributed by atoms with Crippen molar-refractivity contribution >= 4 is 35.0 Å². The van der Waals surface area contributed by atoms with Crippen LogP contribution in [0, 0.1) is 12.8 Å². The van der Waals surface area contributed by atoms with Crippen LogP contribution in [0.1, 0.15) is 30.4 Å². The highest BCUT2D eigenvalue weighted by molar-refractivity contribution is 6.35. The Labute approximate surface area is 244 Å². The second-order valence-electron chi connectivity index (χ2n) is 10.7. The van der Waals surface area contributed by atoms with Gasteiger partial charge in [0.1, 0.15) is 0 Å². The Balaban J connectivity index is 1.39. The minimum atomic E-state index is -0.727. The quantitative estimate of drug-likeness (QED) is 0.374. The largest absolute Gasteiger partial charge is 0.481 e. The molecule has 0 unspecified atom stereocenters. The van der Waals surface area contributed by atoms with Gasteiger partial charge in [-0.1, -0.05) is 23.2 Å². The van der Waals surface area contributed by atoms with E-state index in [1.54, 1.807) is 6.07 Å². The number of hydrogen-bond donors (Lipinski definition) is 1. The zero-order chi connectivity index (χ0) is 28.2. The molecule has 0 atom stereocenters. The normalized spacial score (nSPS) is 17.2. The minimum Gasteiger partial charge on any atom is -0.481 e. The topological polar surface area (TPSA) is 94.9 Å². The van der Waals surface area contributed by atoms with Crippen molar-refractivity contribution in [1.82, 2.24) is 25.0 Å². The molecule has 0 saturated carbocycles. The summed E-state index contributed by atoms with van der Waals surface area (Å²) in [5, 5.41) is 19.0. The fraction of sp³-hybridized carbons (Fsp3) is 0.448. The number of pyridine rings is 1. The molecule has 9 nitrogen and oxygen atoms in total. The van der Waals surface area contributed by atoms with E-state index in [9.17, 15) is 4.79 Å². The van der Waals surface area contributed by atoms with Gasteiger partial charge in [-0.25, -0.2) is 4.98 Å². The third kappa shape index (κ3) is 7.20. The summed E-state index contributed by atoms with van der Waals surface area (Å²) in [5.74, 6) is 1.15. The van der Waals surface area contributed by atoms with Crippen molar-refractivity contribution in [3.05, 3.63) is 57.6 Å². The van der Waals surface area contributed by atoms with Crippen LogP contribution in [0.15, 0.2) is 36.4 Å². The number of likely N-dealkylation sites (tertiary alicyclic amines) is 1. The molecular weight excluding hydrogens is 551 g/mol. The molecule has 1 N–H and O–H groups in total. The zero-order valence-corrected chi connectivity index (χ0v) is 24.3. The molecule has 0 aliphatic carbocycles. The van der Waals surface area contributed by atoms with Crippen LogP contribution in [0.2, 0.25) is 10.0 Å². The number of nitrogens with zero attached hydrogens (tertiary/aromatic N) is 6. The van der Waals surface area contributed by atoms with E-state index in [-0.39, 0.29) is 12.3 Å². The van der Waals surface area contributed by atoms with E-state index in [0.29, 0.717) is 34.0 Å². The summed E-state index contributed by atoms with van der Waals surface area (Å²) in [4.78, 5) is 22.8.